The standard InChI is InChI=1S/C18H29N3O2S.HI/c1-4-19-18(21-13-15(2)12-16(3)14-21)20-10-11-24(22,23)17-8-6-5-7-9-17;/h5-9,15-16H,4,10-14H2,1-3H3,(H,19,20);1H. The van der Waals surface area contributed by atoms with Crippen molar-refractivity contribution in [2.45, 2.75) is 32.1 Å². The number of guanidine groups is 1. The molecular weight excluding hydrogens is 449 g/mol. The molecule has 1 N–H and O–H groups in total. The van der Waals surface area contributed by atoms with Crippen LogP contribution in [-0.4, -0.2) is 51.2 Å². The molecule has 1 saturated heterocycles. The predicted molar refractivity (Wildman–Crippen MR) is 114 cm³/mol. The molecule has 2 unspecified atom stereocenters. The van der Waals surface area contributed by atoms with E-state index >= 15 is 0 Å². The molecule has 25 heavy (non-hydrogen) atoms. The topological polar surface area (TPSA) is 61.8 Å². The Morgan fingerprint density at radius 3 is 2.36 bits per heavy atom. The van der Waals surface area contributed by atoms with E-state index in [1.54, 1.807) is 24.3 Å². The van der Waals surface area contributed by atoms with Crippen molar-refractivity contribution in [1.82, 2.24) is 10.2 Å². The highest BCUT2D eigenvalue weighted by atomic mass is 127. The normalized spacial score (nSPS) is 21.6. The number of hydrogen-bond donors (Lipinski definition) is 1. The quantitative estimate of drug-likeness (QED) is 0.401. The van der Waals surface area contributed by atoms with Gasteiger partial charge >= 0.3 is 0 Å². The first-order valence-corrected chi connectivity index (χ1v) is 10.4. The molecule has 1 heterocycles. The summed E-state index contributed by atoms with van der Waals surface area (Å²) in [6.45, 7) is 9.55. The van der Waals surface area contributed by atoms with Crippen LogP contribution in [0.25, 0.3) is 0 Å². The van der Waals surface area contributed by atoms with Crippen LogP contribution in [0.15, 0.2) is 40.2 Å². The number of likely N-dealkylation sites (tertiary alicyclic amines) is 1. The maximum absolute atomic E-state index is 12.3. The number of hydrogen-bond acceptors (Lipinski definition) is 3. The van der Waals surface area contributed by atoms with Crippen LogP contribution in [0.3, 0.4) is 0 Å². The van der Waals surface area contributed by atoms with Gasteiger partial charge in [-0.25, -0.2) is 8.42 Å². The molecule has 5 nitrogen and oxygen atoms in total. The van der Waals surface area contributed by atoms with Crippen LogP contribution < -0.4 is 5.32 Å². The van der Waals surface area contributed by atoms with Gasteiger partial charge in [-0.05, 0) is 37.3 Å². The fourth-order valence-electron chi connectivity index (χ4n) is 3.28. The van der Waals surface area contributed by atoms with E-state index in [-0.39, 0.29) is 36.3 Å². The molecule has 142 valence electrons. The van der Waals surface area contributed by atoms with Gasteiger partial charge in [0.25, 0.3) is 0 Å². The third kappa shape index (κ3) is 6.77. The third-order valence-electron chi connectivity index (χ3n) is 4.23. The summed E-state index contributed by atoms with van der Waals surface area (Å²) in [4.78, 5) is 7.20. The van der Waals surface area contributed by atoms with E-state index < -0.39 is 9.84 Å². The lowest BCUT2D eigenvalue weighted by Gasteiger charge is -2.37. The first-order valence-electron chi connectivity index (χ1n) is 8.73. The Morgan fingerprint density at radius 1 is 1.20 bits per heavy atom. The zero-order valence-electron chi connectivity index (χ0n) is 15.3. The third-order valence-corrected chi connectivity index (χ3v) is 5.94. The summed E-state index contributed by atoms with van der Waals surface area (Å²) < 4.78 is 24.7. The fourth-order valence-corrected chi connectivity index (χ4v) is 4.42. The molecule has 0 aromatic heterocycles. The van der Waals surface area contributed by atoms with E-state index in [0.29, 0.717) is 16.7 Å². The number of benzene rings is 1. The van der Waals surface area contributed by atoms with Gasteiger partial charge in [0.2, 0.25) is 0 Å². The second-order valence-electron chi connectivity index (χ2n) is 6.72. The number of sulfone groups is 1. The van der Waals surface area contributed by atoms with E-state index in [1.807, 2.05) is 13.0 Å². The van der Waals surface area contributed by atoms with Gasteiger partial charge in [-0.1, -0.05) is 32.0 Å². The number of piperidine rings is 1. The van der Waals surface area contributed by atoms with Gasteiger partial charge in [0.15, 0.2) is 15.8 Å². The van der Waals surface area contributed by atoms with Crippen molar-refractivity contribution < 1.29 is 8.42 Å². The highest BCUT2D eigenvalue weighted by Crippen LogP contribution is 2.21. The second-order valence-corrected chi connectivity index (χ2v) is 8.83. The summed E-state index contributed by atoms with van der Waals surface area (Å²) >= 11 is 0. The van der Waals surface area contributed by atoms with Crippen LogP contribution >= 0.6 is 24.0 Å². The van der Waals surface area contributed by atoms with Gasteiger partial charge in [-0.15, -0.1) is 24.0 Å². The van der Waals surface area contributed by atoms with E-state index in [2.05, 4.69) is 29.1 Å². The van der Waals surface area contributed by atoms with Crippen molar-refractivity contribution in [1.29, 1.82) is 0 Å². The lowest BCUT2D eigenvalue weighted by molar-refractivity contribution is 0.208. The zero-order valence-corrected chi connectivity index (χ0v) is 18.5. The lowest BCUT2D eigenvalue weighted by atomic mass is 9.92. The summed E-state index contributed by atoms with van der Waals surface area (Å²) in [5, 5.41) is 3.30. The van der Waals surface area contributed by atoms with Gasteiger partial charge in [-0.2, -0.15) is 0 Å². The molecule has 1 aliphatic heterocycles. The number of nitrogens with zero attached hydrogens (tertiary/aromatic N) is 2. The first kappa shape index (κ1) is 22.2. The fraction of sp³-hybridized carbons (Fsp3) is 0.611. The minimum Gasteiger partial charge on any atom is -0.357 e. The Kier molecular flexibility index (Phi) is 9.20. The van der Waals surface area contributed by atoms with Crippen LogP contribution in [-0.2, 0) is 9.84 Å². The van der Waals surface area contributed by atoms with Crippen LogP contribution in [0.4, 0.5) is 0 Å². The molecule has 0 saturated carbocycles. The van der Waals surface area contributed by atoms with Crippen molar-refractivity contribution in [2.24, 2.45) is 16.8 Å². The van der Waals surface area contributed by atoms with Gasteiger partial charge in [0, 0.05) is 19.6 Å². The molecule has 7 heteroatoms. The van der Waals surface area contributed by atoms with E-state index in [0.717, 1.165) is 25.6 Å². The summed E-state index contributed by atoms with van der Waals surface area (Å²) in [7, 11) is -3.28. The number of halogens is 1. The molecule has 1 aliphatic rings. The molecule has 1 fully saturated rings. The van der Waals surface area contributed by atoms with Crippen molar-refractivity contribution >= 4 is 39.8 Å². The molecule has 1 aromatic carbocycles. The van der Waals surface area contributed by atoms with Crippen molar-refractivity contribution in [3.8, 4) is 0 Å². The SMILES string of the molecule is CCNC(=NCCS(=O)(=O)c1ccccc1)N1CC(C)CC(C)C1.I. The van der Waals surface area contributed by atoms with E-state index in [4.69, 9.17) is 0 Å². The van der Waals surface area contributed by atoms with Crippen LogP contribution in [0, 0.1) is 11.8 Å². The van der Waals surface area contributed by atoms with Crippen LogP contribution in [0.5, 0.6) is 0 Å². The van der Waals surface area contributed by atoms with Gasteiger partial charge in [-0.3, -0.25) is 4.99 Å². The molecular formula is C18H30IN3O2S. The number of rotatable bonds is 5. The van der Waals surface area contributed by atoms with E-state index in [1.165, 1.54) is 6.42 Å². The Labute approximate surface area is 169 Å². The highest BCUT2D eigenvalue weighted by Gasteiger charge is 2.24. The molecule has 2 rings (SSSR count). The maximum atomic E-state index is 12.3. The van der Waals surface area contributed by atoms with Gasteiger partial charge in [0.05, 0.1) is 17.2 Å². The molecule has 0 bridgehead atoms. The largest absolute Gasteiger partial charge is 0.357 e. The number of aliphatic imine (C=N–C) groups is 1. The van der Waals surface area contributed by atoms with Crippen LogP contribution in [0.1, 0.15) is 27.2 Å². The highest BCUT2D eigenvalue weighted by molar-refractivity contribution is 14.0. The molecule has 1 aromatic rings. The van der Waals surface area contributed by atoms with Crippen molar-refractivity contribution in [3.05, 3.63) is 30.3 Å². The minimum atomic E-state index is -3.28. The Morgan fingerprint density at radius 2 is 1.80 bits per heavy atom. The molecule has 0 amide bonds. The molecule has 2 atom stereocenters. The van der Waals surface area contributed by atoms with Crippen molar-refractivity contribution in [3.63, 3.8) is 0 Å². The Hall–Kier alpha value is -0.830. The summed E-state index contributed by atoms with van der Waals surface area (Å²) in [5.41, 5.74) is 0. The van der Waals surface area contributed by atoms with Gasteiger partial charge < -0.3 is 10.2 Å². The summed E-state index contributed by atoms with van der Waals surface area (Å²) in [6.07, 6.45) is 1.23. The Balaban J connectivity index is 0.00000312. The summed E-state index contributed by atoms with van der Waals surface area (Å²) in [5.74, 6) is 2.13. The molecule has 0 radical (unpaired) electrons. The van der Waals surface area contributed by atoms with Crippen LogP contribution in [0.2, 0.25) is 0 Å². The number of nitrogens with one attached hydrogen (secondary N) is 1. The monoisotopic (exact) mass is 479 g/mol. The molecule has 0 aliphatic carbocycles. The Bertz CT molecular complexity index is 640. The first-order chi connectivity index (χ1) is 11.4. The average molecular weight is 479 g/mol. The second kappa shape index (κ2) is 10.4. The zero-order chi connectivity index (χ0) is 17.6. The summed E-state index contributed by atoms with van der Waals surface area (Å²) in [6, 6.07) is 8.59. The minimum absolute atomic E-state index is 0. The van der Waals surface area contributed by atoms with Gasteiger partial charge in [0.1, 0.15) is 0 Å². The smallest absolute Gasteiger partial charge is 0.193 e. The maximum Gasteiger partial charge on any atom is 0.193 e. The average Bonchev–Trinajstić information content (AvgIpc) is 2.54. The lowest BCUT2D eigenvalue weighted by Crippen LogP contribution is -2.48. The van der Waals surface area contributed by atoms with E-state index in [9.17, 15) is 8.42 Å². The van der Waals surface area contributed by atoms with Crippen molar-refractivity contribution in [2.75, 3.05) is 31.9 Å². The predicted octanol–water partition coefficient (Wildman–Crippen LogP) is 3.02. The molecule has 0 spiro atoms.